The molecule has 3 fully saturated rings. The van der Waals surface area contributed by atoms with Gasteiger partial charge in [0.2, 0.25) is 10.0 Å². The molecule has 3 aliphatic rings. The summed E-state index contributed by atoms with van der Waals surface area (Å²) in [5.41, 5.74) is 0.355. The molecular weight excluding hydrogens is 354 g/mol. The minimum Gasteiger partial charge on any atom is -0.390 e. The lowest BCUT2D eigenvalue weighted by Crippen LogP contribution is -2.41. The van der Waals surface area contributed by atoms with Crippen molar-refractivity contribution in [3.8, 4) is 0 Å². The van der Waals surface area contributed by atoms with Crippen molar-refractivity contribution in [3.63, 3.8) is 0 Å². The molecule has 0 radical (unpaired) electrons. The number of amides is 1. The van der Waals surface area contributed by atoms with Crippen LogP contribution in [-0.4, -0.2) is 73.0 Å². The number of carbonyl (C=O) groups is 1. The van der Waals surface area contributed by atoms with Gasteiger partial charge in [0.1, 0.15) is 0 Å². The first kappa shape index (κ1) is 17.9. The van der Waals surface area contributed by atoms with Gasteiger partial charge in [-0.2, -0.15) is 4.31 Å². The molecule has 2 N–H and O–H groups in total. The summed E-state index contributed by atoms with van der Waals surface area (Å²) in [5.74, 6) is -0.235. The van der Waals surface area contributed by atoms with Crippen molar-refractivity contribution in [2.45, 2.75) is 48.8 Å². The highest BCUT2D eigenvalue weighted by molar-refractivity contribution is 7.89. The van der Waals surface area contributed by atoms with Crippen LogP contribution in [0.4, 0.5) is 0 Å². The number of rotatable bonds is 5. The summed E-state index contributed by atoms with van der Waals surface area (Å²) in [5, 5.41) is 13.2. The SMILES string of the molecule is O=C(NC1CC1)c1cccc(S(=O)(=O)N2C[C@H](O)[C@@H](N3CCCC3)C2)c1. The Balaban J connectivity index is 1.52. The summed E-state index contributed by atoms with van der Waals surface area (Å²) < 4.78 is 27.4. The summed E-state index contributed by atoms with van der Waals surface area (Å²) >= 11 is 0. The first-order chi connectivity index (χ1) is 12.4. The molecule has 7 nitrogen and oxygen atoms in total. The van der Waals surface area contributed by atoms with E-state index in [1.54, 1.807) is 12.1 Å². The number of benzene rings is 1. The number of sulfonamides is 1. The van der Waals surface area contributed by atoms with Crippen LogP contribution < -0.4 is 5.32 Å². The van der Waals surface area contributed by atoms with E-state index in [-0.39, 0.29) is 29.4 Å². The van der Waals surface area contributed by atoms with Crippen molar-refractivity contribution < 1.29 is 18.3 Å². The zero-order valence-corrected chi connectivity index (χ0v) is 15.5. The Hall–Kier alpha value is -1.48. The minimum absolute atomic E-state index is 0.0992. The summed E-state index contributed by atoms with van der Waals surface area (Å²) in [6, 6.07) is 6.25. The van der Waals surface area contributed by atoms with Gasteiger partial charge in [-0.1, -0.05) is 6.07 Å². The van der Waals surface area contributed by atoms with E-state index < -0.39 is 16.1 Å². The molecule has 0 unspecified atom stereocenters. The van der Waals surface area contributed by atoms with Gasteiger partial charge in [0.25, 0.3) is 5.91 Å². The van der Waals surface area contributed by atoms with Crippen molar-refractivity contribution in [2.75, 3.05) is 26.2 Å². The maximum absolute atomic E-state index is 13.0. The van der Waals surface area contributed by atoms with E-state index in [1.165, 1.54) is 16.4 Å². The van der Waals surface area contributed by atoms with E-state index in [1.807, 2.05) is 0 Å². The smallest absolute Gasteiger partial charge is 0.251 e. The summed E-state index contributed by atoms with van der Waals surface area (Å²) in [6.45, 7) is 2.21. The zero-order chi connectivity index (χ0) is 18.3. The van der Waals surface area contributed by atoms with E-state index in [4.69, 9.17) is 0 Å². The Kier molecular flexibility index (Phi) is 4.77. The number of nitrogens with one attached hydrogen (secondary N) is 1. The zero-order valence-electron chi connectivity index (χ0n) is 14.7. The van der Waals surface area contributed by atoms with Gasteiger partial charge in [0.05, 0.1) is 17.0 Å². The maximum Gasteiger partial charge on any atom is 0.251 e. The predicted molar refractivity (Wildman–Crippen MR) is 96.3 cm³/mol. The molecule has 1 aromatic rings. The molecule has 1 aliphatic carbocycles. The molecule has 2 atom stereocenters. The average molecular weight is 379 g/mol. The van der Waals surface area contributed by atoms with Crippen LogP contribution in [0, 0.1) is 0 Å². The molecule has 2 aliphatic heterocycles. The van der Waals surface area contributed by atoms with Crippen LogP contribution in [0.5, 0.6) is 0 Å². The van der Waals surface area contributed by atoms with Gasteiger partial charge < -0.3 is 10.4 Å². The maximum atomic E-state index is 13.0. The van der Waals surface area contributed by atoms with Gasteiger partial charge in [0.15, 0.2) is 0 Å². The fourth-order valence-corrected chi connectivity index (χ4v) is 5.33. The van der Waals surface area contributed by atoms with Crippen molar-refractivity contribution >= 4 is 15.9 Å². The number of β-amino-alcohol motifs (C(OH)–C–C–N with tert-alkyl or cyclic N) is 1. The Labute approximate surface area is 154 Å². The summed E-state index contributed by atoms with van der Waals surface area (Å²) in [6.07, 6.45) is 3.47. The Morgan fingerprint density at radius 3 is 2.58 bits per heavy atom. The summed E-state index contributed by atoms with van der Waals surface area (Å²) in [7, 11) is -3.74. The van der Waals surface area contributed by atoms with E-state index in [2.05, 4.69) is 10.2 Å². The molecule has 0 bridgehead atoms. The quantitative estimate of drug-likeness (QED) is 0.773. The predicted octanol–water partition coefficient (Wildman–Crippen LogP) is 0.408. The second kappa shape index (κ2) is 6.92. The number of nitrogens with zero attached hydrogens (tertiary/aromatic N) is 2. The Bertz CT molecular complexity index is 787. The molecule has 26 heavy (non-hydrogen) atoms. The van der Waals surface area contributed by atoms with Crippen LogP contribution in [0.15, 0.2) is 29.2 Å². The molecule has 2 heterocycles. The van der Waals surface area contributed by atoms with E-state index >= 15 is 0 Å². The third-order valence-corrected chi connectivity index (χ3v) is 7.31. The van der Waals surface area contributed by atoms with Crippen molar-refractivity contribution in [3.05, 3.63) is 29.8 Å². The van der Waals surface area contributed by atoms with Crippen LogP contribution in [-0.2, 0) is 10.0 Å². The highest BCUT2D eigenvalue weighted by atomic mass is 32.2. The second-order valence-corrected chi connectivity index (χ2v) is 9.41. The third kappa shape index (κ3) is 3.51. The molecule has 1 saturated carbocycles. The molecule has 4 rings (SSSR count). The fraction of sp³-hybridized carbons (Fsp3) is 0.611. The van der Waals surface area contributed by atoms with E-state index in [0.717, 1.165) is 38.8 Å². The van der Waals surface area contributed by atoms with Crippen molar-refractivity contribution in [2.24, 2.45) is 0 Å². The number of carbonyl (C=O) groups excluding carboxylic acids is 1. The largest absolute Gasteiger partial charge is 0.390 e. The fourth-order valence-electron chi connectivity index (χ4n) is 3.81. The van der Waals surface area contributed by atoms with Crippen LogP contribution in [0.2, 0.25) is 0 Å². The van der Waals surface area contributed by atoms with Gasteiger partial charge in [-0.05, 0) is 57.0 Å². The molecule has 1 aromatic carbocycles. The van der Waals surface area contributed by atoms with Crippen molar-refractivity contribution in [1.29, 1.82) is 0 Å². The van der Waals surface area contributed by atoms with Gasteiger partial charge in [-0.15, -0.1) is 0 Å². The molecule has 1 amide bonds. The lowest BCUT2D eigenvalue weighted by molar-refractivity contribution is 0.0950. The van der Waals surface area contributed by atoms with Crippen LogP contribution in [0.25, 0.3) is 0 Å². The van der Waals surface area contributed by atoms with Crippen LogP contribution >= 0.6 is 0 Å². The number of aliphatic hydroxyl groups excluding tert-OH is 1. The standard InChI is InChI=1S/C18H25N3O4S/c22-17-12-21(11-16(17)20-8-1-2-9-20)26(24,25)15-5-3-4-13(10-15)18(23)19-14-6-7-14/h3-5,10,14,16-17,22H,1-2,6-9,11-12H2,(H,19,23)/t16-,17-/m0/s1. The molecule has 142 valence electrons. The third-order valence-electron chi connectivity index (χ3n) is 5.48. The highest BCUT2D eigenvalue weighted by Gasteiger charge is 2.41. The number of aliphatic hydroxyl groups is 1. The number of hydrogen-bond acceptors (Lipinski definition) is 5. The van der Waals surface area contributed by atoms with Crippen molar-refractivity contribution in [1.82, 2.24) is 14.5 Å². The minimum atomic E-state index is -3.74. The monoisotopic (exact) mass is 379 g/mol. The van der Waals surface area contributed by atoms with Gasteiger partial charge in [-0.3, -0.25) is 9.69 Å². The van der Waals surface area contributed by atoms with Gasteiger partial charge in [-0.25, -0.2) is 8.42 Å². The van der Waals surface area contributed by atoms with Crippen LogP contribution in [0.1, 0.15) is 36.0 Å². The Morgan fingerprint density at radius 1 is 1.15 bits per heavy atom. The number of likely N-dealkylation sites (tertiary alicyclic amines) is 1. The number of hydrogen-bond donors (Lipinski definition) is 2. The second-order valence-electron chi connectivity index (χ2n) is 7.48. The lowest BCUT2D eigenvalue weighted by atomic mass is 10.2. The first-order valence-electron chi connectivity index (χ1n) is 9.28. The average Bonchev–Trinajstić information content (AvgIpc) is 3.11. The molecule has 0 aromatic heterocycles. The highest BCUT2D eigenvalue weighted by Crippen LogP contribution is 2.27. The normalized spacial score (nSPS) is 27.7. The van der Waals surface area contributed by atoms with E-state index in [9.17, 15) is 18.3 Å². The topological polar surface area (TPSA) is 90.0 Å². The Morgan fingerprint density at radius 2 is 1.88 bits per heavy atom. The summed E-state index contributed by atoms with van der Waals surface area (Å²) in [4.78, 5) is 14.5. The first-order valence-corrected chi connectivity index (χ1v) is 10.7. The molecule has 0 spiro atoms. The van der Waals surface area contributed by atoms with Gasteiger partial charge in [0, 0.05) is 24.7 Å². The molecule has 8 heteroatoms. The van der Waals surface area contributed by atoms with E-state index in [0.29, 0.717) is 12.1 Å². The van der Waals surface area contributed by atoms with Crippen LogP contribution in [0.3, 0.4) is 0 Å². The van der Waals surface area contributed by atoms with Gasteiger partial charge >= 0.3 is 0 Å². The molecule has 2 saturated heterocycles. The lowest BCUT2D eigenvalue weighted by Gasteiger charge is -2.25. The molecular formula is C18H25N3O4S.